The van der Waals surface area contributed by atoms with E-state index in [1.165, 1.54) is 0 Å². The number of hydrogen-bond acceptors (Lipinski definition) is 4. The first-order valence-corrected chi connectivity index (χ1v) is 9.31. The zero-order valence-corrected chi connectivity index (χ0v) is 15.4. The van der Waals surface area contributed by atoms with Crippen LogP contribution in [-0.4, -0.2) is 46.9 Å². The van der Waals surface area contributed by atoms with Gasteiger partial charge in [0.05, 0.1) is 18.5 Å². The van der Waals surface area contributed by atoms with Crippen LogP contribution in [0.25, 0.3) is 0 Å². The molecule has 1 aromatic carbocycles. The molecule has 0 bridgehead atoms. The fraction of sp³-hybridized carbons (Fsp3) is 0.381. The van der Waals surface area contributed by atoms with Gasteiger partial charge in [0.25, 0.3) is 0 Å². The van der Waals surface area contributed by atoms with Crippen molar-refractivity contribution in [2.45, 2.75) is 31.8 Å². The molecule has 2 amide bonds. The Kier molecular flexibility index (Phi) is 4.56. The Hall–Kier alpha value is -2.89. The minimum atomic E-state index is -0.597. The lowest BCUT2D eigenvalue weighted by Gasteiger charge is -2.34. The van der Waals surface area contributed by atoms with Crippen molar-refractivity contribution in [3.63, 3.8) is 0 Å². The predicted molar refractivity (Wildman–Crippen MR) is 101 cm³/mol. The molecule has 1 atom stereocenters. The number of para-hydroxylation sites is 1. The van der Waals surface area contributed by atoms with Gasteiger partial charge in [-0.25, -0.2) is 4.79 Å². The van der Waals surface area contributed by atoms with E-state index in [-0.39, 0.29) is 11.8 Å². The number of nitrogens with zero attached hydrogens (tertiary/aromatic N) is 2. The Balaban J connectivity index is 1.35. The quantitative estimate of drug-likeness (QED) is 0.908. The lowest BCUT2D eigenvalue weighted by atomic mass is 9.89. The van der Waals surface area contributed by atoms with Crippen LogP contribution >= 0.6 is 0 Å². The van der Waals surface area contributed by atoms with E-state index in [1.54, 1.807) is 17.2 Å². The highest BCUT2D eigenvalue weighted by molar-refractivity contribution is 6.00. The molecule has 1 aromatic heterocycles. The van der Waals surface area contributed by atoms with Crippen LogP contribution in [0.2, 0.25) is 0 Å². The number of rotatable bonds is 3. The van der Waals surface area contributed by atoms with E-state index in [1.807, 2.05) is 37.3 Å². The lowest BCUT2D eigenvalue weighted by molar-refractivity contribution is 0.0478. The molecule has 1 saturated heterocycles. The Morgan fingerprint density at radius 3 is 3.00 bits per heavy atom. The molecule has 2 aliphatic rings. The number of urea groups is 1. The molecule has 2 aromatic rings. The van der Waals surface area contributed by atoms with Crippen molar-refractivity contribution < 1.29 is 14.3 Å². The molecular formula is C21H23N3O3. The summed E-state index contributed by atoms with van der Waals surface area (Å²) in [6, 6.07) is 11.1. The first-order valence-electron chi connectivity index (χ1n) is 9.31. The van der Waals surface area contributed by atoms with Gasteiger partial charge in [0.2, 0.25) is 0 Å². The molecule has 0 radical (unpaired) electrons. The minimum Gasteiger partial charge on any atom is -0.484 e. The fourth-order valence-electron chi connectivity index (χ4n) is 3.87. The number of carbonyl (C=O) groups excluding carboxylic acids is 2. The van der Waals surface area contributed by atoms with Gasteiger partial charge in [0.15, 0.2) is 5.78 Å². The van der Waals surface area contributed by atoms with Crippen molar-refractivity contribution in [2.24, 2.45) is 0 Å². The van der Waals surface area contributed by atoms with Gasteiger partial charge in [-0.1, -0.05) is 18.2 Å². The topological polar surface area (TPSA) is 71.5 Å². The van der Waals surface area contributed by atoms with E-state index in [9.17, 15) is 9.59 Å². The SMILES string of the molecule is Cc1cccnc1CCNC(=O)N1CCC2(CC(=O)c3ccccc3O2)C1. The maximum Gasteiger partial charge on any atom is 0.317 e. The number of aromatic nitrogens is 1. The smallest absolute Gasteiger partial charge is 0.317 e. The second-order valence-corrected chi connectivity index (χ2v) is 7.30. The second kappa shape index (κ2) is 7.02. The Labute approximate surface area is 158 Å². The maximum atomic E-state index is 12.5. The molecule has 1 unspecified atom stereocenters. The number of pyridine rings is 1. The van der Waals surface area contributed by atoms with E-state index < -0.39 is 5.60 Å². The molecule has 27 heavy (non-hydrogen) atoms. The van der Waals surface area contributed by atoms with E-state index in [4.69, 9.17) is 4.74 Å². The number of amides is 2. The van der Waals surface area contributed by atoms with Crippen molar-refractivity contribution in [3.05, 3.63) is 59.4 Å². The Morgan fingerprint density at radius 2 is 2.15 bits per heavy atom. The molecule has 3 heterocycles. The normalized spacial score (nSPS) is 21.1. The lowest BCUT2D eigenvalue weighted by Crippen LogP contribution is -2.47. The van der Waals surface area contributed by atoms with Gasteiger partial charge in [-0.2, -0.15) is 0 Å². The number of Topliss-reactive ketones (excluding diaryl/α,β-unsaturated/α-hetero) is 1. The first kappa shape index (κ1) is 17.5. The molecule has 140 valence electrons. The Bertz CT molecular complexity index is 882. The molecule has 1 fully saturated rings. The highest BCUT2D eigenvalue weighted by Gasteiger charge is 2.46. The second-order valence-electron chi connectivity index (χ2n) is 7.30. The molecule has 6 nitrogen and oxygen atoms in total. The molecular weight excluding hydrogens is 342 g/mol. The van der Waals surface area contributed by atoms with Crippen LogP contribution in [0.4, 0.5) is 4.79 Å². The van der Waals surface area contributed by atoms with Crippen LogP contribution < -0.4 is 10.1 Å². The summed E-state index contributed by atoms with van der Waals surface area (Å²) < 4.78 is 6.17. The molecule has 4 rings (SSSR count). The summed E-state index contributed by atoms with van der Waals surface area (Å²) in [6.07, 6.45) is 3.45. The van der Waals surface area contributed by atoms with Gasteiger partial charge in [0.1, 0.15) is 11.4 Å². The molecule has 6 heteroatoms. The largest absolute Gasteiger partial charge is 0.484 e. The van der Waals surface area contributed by atoms with Crippen LogP contribution in [0, 0.1) is 6.92 Å². The average Bonchev–Trinajstić information content (AvgIpc) is 3.06. The number of nitrogens with one attached hydrogen (secondary N) is 1. The predicted octanol–water partition coefficient (Wildman–Crippen LogP) is 2.75. The number of benzene rings is 1. The fourth-order valence-corrected chi connectivity index (χ4v) is 3.87. The third-order valence-corrected chi connectivity index (χ3v) is 5.36. The van der Waals surface area contributed by atoms with Gasteiger partial charge in [0, 0.05) is 37.8 Å². The van der Waals surface area contributed by atoms with Gasteiger partial charge in [-0.3, -0.25) is 9.78 Å². The van der Waals surface area contributed by atoms with Crippen molar-refractivity contribution in [3.8, 4) is 5.75 Å². The average molecular weight is 365 g/mol. The summed E-state index contributed by atoms with van der Waals surface area (Å²) in [6.45, 7) is 3.57. The highest BCUT2D eigenvalue weighted by atomic mass is 16.5. The van der Waals surface area contributed by atoms with Crippen molar-refractivity contribution in [1.82, 2.24) is 15.2 Å². The number of ketones is 1. The highest BCUT2D eigenvalue weighted by Crippen LogP contribution is 2.38. The molecule has 1 N–H and O–H groups in total. The summed E-state index contributed by atoms with van der Waals surface area (Å²) in [5.41, 5.74) is 2.16. The van der Waals surface area contributed by atoms with Gasteiger partial charge in [-0.05, 0) is 30.7 Å². The van der Waals surface area contributed by atoms with Crippen LogP contribution in [0.1, 0.15) is 34.5 Å². The summed E-state index contributed by atoms with van der Waals surface area (Å²) in [5.74, 6) is 0.714. The van der Waals surface area contributed by atoms with Crippen LogP contribution in [0.15, 0.2) is 42.6 Å². The van der Waals surface area contributed by atoms with Crippen LogP contribution in [-0.2, 0) is 6.42 Å². The maximum absolute atomic E-state index is 12.5. The third-order valence-electron chi connectivity index (χ3n) is 5.36. The third kappa shape index (κ3) is 3.52. The zero-order valence-electron chi connectivity index (χ0n) is 15.4. The monoisotopic (exact) mass is 365 g/mol. The summed E-state index contributed by atoms with van der Waals surface area (Å²) in [4.78, 5) is 31.1. The number of ether oxygens (including phenoxy) is 1. The molecule has 0 aliphatic carbocycles. The summed E-state index contributed by atoms with van der Waals surface area (Å²) >= 11 is 0. The number of fused-ring (bicyclic) bond motifs is 1. The van der Waals surface area contributed by atoms with E-state index in [0.29, 0.717) is 50.2 Å². The van der Waals surface area contributed by atoms with Crippen molar-refractivity contribution in [1.29, 1.82) is 0 Å². The van der Waals surface area contributed by atoms with E-state index in [0.717, 1.165) is 11.3 Å². The number of carbonyl (C=O) groups is 2. The van der Waals surface area contributed by atoms with E-state index >= 15 is 0 Å². The van der Waals surface area contributed by atoms with Gasteiger partial charge < -0.3 is 15.0 Å². The molecule has 2 aliphatic heterocycles. The first-order chi connectivity index (χ1) is 13.1. The number of likely N-dealkylation sites (tertiary alicyclic amines) is 1. The molecule has 0 saturated carbocycles. The standard InChI is InChI=1S/C21H23N3O3/c1-15-5-4-10-22-17(15)8-11-23-20(26)24-12-9-21(14-24)13-18(25)16-6-2-3-7-19(16)27-21/h2-7,10H,8-9,11-14H2,1H3,(H,23,26). The van der Waals surface area contributed by atoms with Gasteiger partial charge >= 0.3 is 6.03 Å². The minimum absolute atomic E-state index is 0.0877. The van der Waals surface area contributed by atoms with E-state index in [2.05, 4.69) is 10.3 Å². The number of hydrogen-bond donors (Lipinski definition) is 1. The van der Waals surface area contributed by atoms with Gasteiger partial charge in [-0.15, -0.1) is 0 Å². The molecule has 1 spiro atoms. The van der Waals surface area contributed by atoms with Crippen molar-refractivity contribution >= 4 is 11.8 Å². The van der Waals surface area contributed by atoms with Crippen molar-refractivity contribution in [2.75, 3.05) is 19.6 Å². The number of aryl methyl sites for hydroxylation is 1. The summed E-state index contributed by atoms with van der Waals surface area (Å²) in [7, 11) is 0. The van der Waals surface area contributed by atoms with Crippen LogP contribution in [0.3, 0.4) is 0 Å². The zero-order chi connectivity index (χ0) is 18.9. The summed E-state index contributed by atoms with van der Waals surface area (Å²) in [5, 5.41) is 2.96. The Morgan fingerprint density at radius 1 is 1.30 bits per heavy atom. The van der Waals surface area contributed by atoms with Crippen LogP contribution in [0.5, 0.6) is 5.75 Å².